The Hall–Kier alpha value is -2.14. The van der Waals surface area contributed by atoms with Crippen LogP contribution < -0.4 is 0 Å². The van der Waals surface area contributed by atoms with E-state index in [1.807, 2.05) is 51.5 Å². The van der Waals surface area contributed by atoms with Crippen LogP contribution in [0.15, 0.2) is 4.99 Å². The van der Waals surface area contributed by atoms with Gasteiger partial charge in [-0.15, -0.1) is 0 Å². The molecule has 0 unspecified atom stereocenters. The van der Waals surface area contributed by atoms with Crippen LogP contribution in [0.5, 0.6) is 0 Å². The SMILES string of the molecule is C#CN(CC)C(=NC(N(C)C)=[N+](C)C)N(C#C)CC. The van der Waals surface area contributed by atoms with E-state index in [0.29, 0.717) is 19.0 Å². The summed E-state index contributed by atoms with van der Waals surface area (Å²) in [5, 5.41) is 0. The molecule has 0 aromatic carbocycles. The maximum absolute atomic E-state index is 5.52. The first-order valence-corrected chi connectivity index (χ1v) is 6.20. The molecule has 0 spiro atoms. The summed E-state index contributed by atoms with van der Waals surface area (Å²) in [6.07, 6.45) is 11.0. The minimum Gasteiger partial charge on any atom is -0.267 e. The van der Waals surface area contributed by atoms with E-state index >= 15 is 0 Å². The Bertz CT molecular complexity index is 406. The number of terminal acetylenes is 2. The Kier molecular flexibility index (Phi) is 7.14. The molecule has 0 N–H and O–H groups in total. The molecule has 0 rings (SSSR count). The second kappa shape index (κ2) is 8.05. The van der Waals surface area contributed by atoms with E-state index in [1.165, 1.54) is 0 Å². The van der Waals surface area contributed by atoms with Crippen molar-refractivity contribution in [2.24, 2.45) is 4.99 Å². The molecule has 19 heavy (non-hydrogen) atoms. The summed E-state index contributed by atoms with van der Waals surface area (Å²) in [5.74, 6) is 1.37. The van der Waals surface area contributed by atoms with Crippen molar-refractivity contribution in [2.75, 3.05) is 41.3 Å². The quantitative estimate of drug-likeness (QED) is 0.236. The predicted octanol–water partition coefficient (Wildman–Crippen LogP) is 0.357. The molecular formula is C14H24N5+. The molecular weight excluding hydrogens is 238 g/mol. The number of aliphatic imine (C=N–C) groups is 1. The van der Waals surface area contributed by atoms with E-state index in [0.717, 1.165) is 5.96 Å². The van der Waals surface area contributed by atoms with E-state index in [2.05, 4.69) is 17.1 Å². The Morgan fingerprint density at radius 3 is 1.68 bits per heavy atom. The fourth-order valence-corrected chi connectivity index (χ4v) is 1.54. The van der Waals surface area contributed by atoms with E-state index in [-0.39, 0.29) is 0 Å². The van der Waals surface area contributed by atoms with Crippen LogP contribution in [0.4, 0.5) is 0 Å². The summed E-state index contributed by atoms with van der Waals surface area (Å²) >= 11 is 0. The normalized spacial score (nSPS) is 8.84. The average Bonchev–Trinajstić information content (AvgIpc) is 2.36. The maximum atomic E-state index is 5.52. The lowest BCUT2D eigenvalue weighted by Crippen LogP contribution is -2.42. The molecule has 0 heterocycles. The van der Waals surface area contributed by atoms with Gasteiger partial charge in [-0.3, -0.25) is 19.3 Å². The fourth-order valence-electron chi connectivity index (χ4n) is 1.54. The van der Waals surface area contributed by atoms with Gasteiger partial charge in [0, 0.05) is 25.2 Å². The smallest absolute Gasteiger partial charge is 0.267 e. The lowest BCUT2D eigenvalue weighted by atomic mass is 10.5. The van der Waals surface area contributed by atoms with E-state index < -0.39 is 0 Å². The summed E-state index contributed by atoms with van der Waals surface area (Å²) in [4.78, 5) is 9.90. The van der Waals surface area contributed by atoms with Crippen molar-refractivity contribution in [1.29, 1.82) is 0 Å². The van der Waals surface area contributed by atoms with Gasteiger partial charge in [0.05, 0.1) is 28.2 Å². The van der Waals surface area contributed by atoms with E-state index in [4.69, 9.17) is 12.8 Å². The lowest BCUT2D eigenvalue weighted by Gasteiger charge is -2.22. The van der Waals surface area contributed by atoms with Gasteiger partial charge >= 0.3 is 11.9 Å². The third kappa shape index (κ3) is 4.56. The second-order valence-electron chi connectivity index (χ2n) is 4.25. The van der Waals surface area contributed by atoms with Crippen LogP contribution in [-0.2, 0) is 0 Å². The molecule has 0 fully saturated rings. The number of hydrogen-bond donors (Lipinski definition) is 0. The highest BCUT2D eigenvalue weighted by molar-refractivity contribution is 5.94. The zero-order chi connectivity index (χ0) is 15.0. The topological polar surface area (TPSA) is 25.1 Å². The molecule has 0 aromatic rings. The van der Waals surface area contributed by atoms with Crippen LogP contribution in [0.1, 0.15) is 13.8 Å². The maximum Gasteiger partial charge on any atom is 0.392 e. The van der Waals surface area contributed by atoms with Gasteiger partial charge < -0.3 is 0 Å². The minimum atomic E-state index is 0.590. The molecule has 0 saturated heterocycles. The summed E-state index contributed by atoms with van der Waals surface area (Å²) in [6, 6.07) is 5.20. The largest absolute Gasteiger partial charge is 0.392 e. The monoisotopic (exact) mass is 262 g/mol. The molecule has 0 aromatic heterocycles. The molecule has 104 valence electrons. The standard InChI is InChI=1S/C14H24N5/c1-9-18(10-2)14(19(11-3)12-4)15-13(16(5)6)17(7)8/h1,3H,10,12H2,2,4-8H3/q+1. The van der Waals surface area contributed by atoms with Crippen molar-refractivity contribution < 1.29 is 4.58 Å². The second-order valence-corrected chi connectivity index (χ2v) is 4.25. The van der Waals surface area contributed by atoms with Crippen molar-refractivity contribution >= 4 is 11.9 Å². The van der Waals surface area contributed by atoms with Gasteiger partial charge in [0.2, 0.25) is 0 Å². The van der Waals surface area contributed by atoms with Crippen LogP contribution in [0.3, 0.4) is 0 Å². The Morgan fingerprint density at radius 2 is 1.47 bits per heavy atom. The molecule has 0 aliphatic rings. The van der Waals surface area contributed by atoms with Crippen molar-refractivity contribution in [3.05, 3.63) is 0 Å². The fraction of sp³-hybridized carbons (Fsp3) is 0.571. The molecule has 5 nitrogen and oxygen atoms in total. The summed E-state index contributed by atoms with van der Waals surface area (Å²) in [5.41, 5.74) is 0. The summed E-state index contributed by atoms with van der Waals surface area (Å²) < 4.78 is 1.91. The molecule has 0 bridgehead atoms. The van der Waals surface area contributed by atoms with Crippen molar-refractivity contribution in [3.8, 4) is 24.9 Å². The first-order chi connectivity index (χ1) is 8.92. The zero-order valence-corrected chi connectivity index (χ0v) is 12.8. The lowest BCUT2D eigenvalue weighted by molar-refractivity contribution is -0.470. The number of rotatable bonds is 2. The molecule has 0 atom stereocenters. The van der Waals surface area contributed by atoms with Gasteiger partial charge in [-0.25, -0.2) is 0 Å². The van der Waals surface area contributed by atoms with Crippen molar-refractivity contribution in [3.63, 3.8) is 0 Å². The van der Waals surface area contributed by atoms with E-state index in [9.17, 15) is 0 Å². The highest BCUT2D eigenvalue weighted by atomic mass is 15.4. The van der Waals surface area contributed by atoms with Gasteiger partial charge in [0.25, 0.3) is 0 Å². The summed E-state index contributed by atoms with van der Waals surface area (Å²) in [7, 11) is 7.70. The first kappa shape index (κ1) is 16.9. The number of guanidine groups is 2. The van der Waals surface area contributed by atoms with Gasteiger partial charge in [-0.05, 0) is 18.8 Å². The predicted molar refractivity (Wildman–Crippen MR) is 80.7 cm³/mol. The third-order valence-electron chi connectivity index (χ3n) is 2.43. The zero-order valence-electron chi connectivity index (χ0n) is 12.8. The van der Waals surface area contributed by atoms with Crippen LogP contribution >= 0.6 is 0 Å². The highest BCUT2D eigenvalue weighted by Crippen LogP contribution is 2.00. The highest BCUT2D eigenvalue weighted by Gasteiger charge is 2.22. The summed E-state index contributed by atoms with van der Waals surface area (Å²) in [6.45, 7) is 5.21. The first-order valence-electron chi connectivity index (χ1n) is 6.20. The Labute approximate surface area is 117 Å². The van der Waals surface area contributed by atoms with Crippen LogP contribution in [0.2, 0.25) is 0 Å². The average molecular weight is 262 g/mol. The van der Waals surface area contributed by atoms with Crippen LogP contribution in [-0.4, -0.2) is 72.5 Å². The molecule has 5 heteroatoms. The molecule has 0 aliphatic heterocycles. The van der Waals surface area contributed by atoms with Crippen molar-refractivity contribution in [1.82, 2.24) is 14.7 Å². The van der Waals surface area contributed by atoms with Gasteiger partial charge in [0.1, 0.15) is 0 Å². The third-order valence-corrected chi connectivity index (χ3v) is 2.43. The van der Waals surface area contributed by atoms with Gasteiger partial charge in [-0.2, -0.15) is 0 Å². The van der Waals surface area contributed by atoms with E-state index in [1.54, 1.807) is 9.80 Å². The van der Waals surface area contributed by atoms with Crippen LogP contribution in [0, 0.1) is 24.9 Å². The molecule has 0 radical (unpaired) electrons. The molecule has 0 saturated carbocycles. The number of hydrogen-bond acceptors (Lipinski definition) is 0. The van der Waals surface area contributed by atoms with Gasteiger partial charge in [-0.1, -0.05) is 12.8 Å². The minimum absolute atomic E-state index is 0.590. The van der Waals surface area contributed by atoms with Crippen molar-refractivity contribution in [2.45, 2.75) is 13.8 Å². The number of nitrogens with zero attached hydrogens (tertiary/aromatic N) is 5. The Balaban J connectivity index is 5.80. The Morgan fingerprint density at radius 1 is 1.05 bits per heavy atom. The molecule has 0 amide bonds. The van der Waals surface area contributed by atoms with Gasteiger partial charge in [0.15, 0.2) is 0 Å². The van der Waals surface area contributed by atoms with Crippen LogP contribution in [0.25, 0.3) is 0 Å². The molecule has 0 aliphatic carbocycles.